The highest BCUT2D eigenvalue weighted by Gasteiger charge is 2.38. The number of hydrogen-bond acceptors (Lipinski definition) is 3. The quantitative estimate of drug-likeness (QED) is 0.742. The Morgan fingerprint density at radius 1 is 1.00 bits per heavy atom. The number of alkyl halides is 3. The molecule has 2 heterocycles. The minimum atomic E-state index is -5.08. The van der Waals surface area contributed by atoms with Crippen molar-refractivity contribution in [2.24, 2.45) is 0 Å². The molecule has 2 aliphatic heterocycles. The Hall–Kier alpha value is -2.61. The second-order valence-corrected chi connectivity index (χ2v) is 6.75. The van der Waals surface area contributed by atoms with E-state index in [0.717, 1.165) is 37.4 Å². The van der Waals surface area contributed by atoms with E-state index in [1.807, 2.05) is 6.07 Å². The zero-order valence-corrected chi connectivity index (χ0v) is 15.0. The van der Waals surface area contributed by atoms with E-state index in [-0.39, 0.29) is 5.82 Å². The lowest BCUT2D eigenvalue weighted by molar-refractivity contribution is -0.192. The molecule has 1 fully saturated rings. The molecule has 28 heavy (non-hydrogen) atoms. The van der Waals surface area contributed by atoms with Gasteiger partial charge in [-0.3, -0.25) is 0 Å². The Labute approximate surface area is 159 Å². The van der Waals surface area contributed by atoms with Crippen molar-refractivity contribution in [3.05, 3.63) is 53.3 Å². The number of carboxylic acid groups (broad SMARTS) is 1. The molecule has 2 aliphatic rings. The second-order valence-electron chi connectivity index (χ2n) is 6.75. The molecule has 0 atom stereocenters. The maximum absolute atomic E-state index is 13.7. The van der Waals surface area contributed by atoms with E-state index < -0.39 is 12.1 Å². The Bertz CT molecular complexity index is 862. The van der Waals surface area contributed by atoms with Crippen LogP contribution in [0.15, 0.2) is 36.4 Å². The number of rotatable bonds is 2. The number of benzene rings is 2. The summed E-state index contributed by atoms with van der Waals surface area (Å²) in [5, 5.41) is 10.5. The number of anilines is 1. The highest BCUT2D eigenvalue weighted by atomic mass is 19.4. The summed E-state index contributed by atoms with van der Waals surface area (Å²) < 4.78 is 45.4. The average Bonchev–Trinajstić information content (AvgIpc) is 3.32. The number of carbonyl (C=O) groups is 1. The molecule has 0 aliphatic carbocycles. The van der Waals surface area contributed by atoms with Crippen LogP contribution in [0.2, 0.25) is 0 Å². The van der Waals surface area contributed by atoms with Gasteiger partial charge in [-0.2, -0.15) is 13.2 Å². The molecular formula is C20H20F4N2O2. The molecule has 0 radical (unpaired) electrons. The molecule has 0 unspecified atom stereocenters. The van der Waals surface area contributed by atoms with Crippen LogP contribution < -0.4 is 10.2 Å². The molecule has 150 valence electrons. The van der Waals surface area contributed by atoms with Gasteiger partial charge in [0.05, 0.1) is 0 Å². The summed E-state index contributed by atoms with van der Waals surface area (Å²) in [6.07, 6.45) is -2.69. The van der Waals surface area contributed by atoms with Gasteiger partial charge in [0.25, 0.3) is 0 Å². The average molecular weight is 396 g/mol. The van der Waals surface area contributed by atoms with Crippen molar-refractivity contribution in [3.63, 3.8) is 0 Å². The van der Waals surface area contributed by atoms with Gasteiger partial charge in [-0.15, -0.1) is 0 Å². The van der Waals surface area contributed by atoms with E-state index in [4.69, 9.17) is 9.90 Å². The normalized spacial score (nSPS) is 15.8. The predicted octanol–water partition coefficient (Wildman–Crippen LogP) is 4.33. The molecule has 2 aromatic carbocycles. The first kappa shape index (κ1) is 20.1. The number of aliphatic carboxylic acids is 1. The highest BCUT2D eigenvalue weighted by Crippen LogP contribution is 2.35. The van der Waals surface area contributed by atoms with Crippen LogP contribution in [0.1, 0.15) is 24.0 Å². The van der Waals surface area contributed by atoms with Crippen molar-refractivity contribution in [1.29, 1.82) is 0 Å². The van der Waals surface area contributed by atoms with Gasteiger partial charge in [-0.1, -0.05) is 12.1 Å². The predicted molar refractivity (Wildman–Crippen MR) is 97.5 cm³/mol. The summed E-state index contributed by atoms with van der Waals surface area (Å²) in [6.45, 7) is 3.95. The van der Waals surface area contributed by atoms with Crippen molar-refractivity contribution in [3.8, 4) is 11.1 Å². The van der Waals surface area contributed by atoms with Crippen molar-refractivity contribution in [2.45, 2.75) is 32.1 Å². The molecule has 0 bridgehead atoms. The zero-order chi connectivity index (χ0) is 20.3. The maximum atomic E-state index is 13.7. The number of halogens is 4. The van der Waals surface area contributed by atoms with E-state index in [1.165, 1.54) is 29.5 Å². The van der Waals surface area contributed by atoms with Crippen molar-refractivity contribution < 1.29 is 27.5 Å². The number of nitrogens with one attached hydrogen (secondary N) is 1. The number of nitrogens with zero attached hydrogens (tertiary/aromatic N) is 1. The van der Waals surface area contributed by atoms with E-state index in [0.29, 0.717) is 0 Å². The minimum Gasteiger partial charge on any atom is -0.475 e. The lowest BCUT2D eigenvalue weighted by Gasteiger charge is -2.22. The van der Waals surface area contributed by atoms with Crippen molar-refractivity contribution >= 4 is 11.7 Å². The Morgan fingerprint density at radius 2 is 1.64 bits per heavy atom. The fraction of sp³-hybridized carbons (Fsp3) is 0.350. The van der Waals surface area contributed by atoms with E-state index in [2.05, 4.69) is 28.4 Å². The molecule has 4 nitrogen and oxygen atoms in total. The van der Waals surface area contributed by atoms with Crippen LogP contribution in [0.25, 0.3) is 11.1 Å². The first-order valence-electron chi connectivity index (χ1n) is 8.93. The molecule has 2 aromatic rings. The van der Waals surface area contributed by atoms with E-state index >= 15 is 0 Å². The fourth-order valence-corrected chi connectivity index (χ4v) is 3.43. The van der Waals surface area contributed by atoms with Crippen LogP contribution in [0, 0.1) is 5.82 Å². The Morgan fingerprint density at radius 3 is 2.29 bits per heavy atom. The standard InChI is InChI=1S/C18H19FN2.C2HF3O2/c19-16-5-6-17(18(10-16)21-7-1-2-8-21)13-3-4-14-11-20-12-15(14)9-13;3-2(4,5)1(6)7/h3-6,9-10,20H,1-2,7-8,11-12H2;(H,6,7). The van der Waals surface area contributed by atoms with Gasteiger partial charge in [0.15, 0.2) is 0 Å². The largest absolute Gasteiger partial charge is 0.490 e. The molecule has 4 rings (SSSR count). The Kier molecular flexibility index (Phi) is 5.88. The molecular weight excluding hydrogens is 376 g/mol. The first-order chi connectivity index (χ1) is 13.3. The topological polar surface area (TPSA) is 52.6 Å². The lowest BCUT2D eigenvalue weighted by Crippen LogP contribution is -2.21. The SMILES string of the molecule is Fc1ccc(-c2ccc3c(c2)CNC3)c(N2CCCC2)c1.O=C(O)C(F)(F)F. The molecule has 0 aromatic heterocycles. The summed E-state index contributed by atoms with van der Waals surface area (Å²) >= 11 is 0. The fourth-order valence-electron chi connectivity index (χ4n) is 3.43. The van der Waals surface area contributed by atoms with Gasteiger partial charge in [0.2, 0.25) is 0 Å². The summed E-state index contributed by atoms with van der Waals surface area (Å²) in [7, 11) is 0. The molecule has 1 saturated heterocycles. The number of hydrogen-bond donors (Lipinski definition) is 2. The monoisotopic (exact) mass is 396 g/mol. The van der Waals surface area contributed by atoms with Crippen LogP contribution in [0.5, 0.6) is 0 Å². The molecule has 0 amide bonds. The highest BCUT2D eigenvalue weighted by molar-refractivity contribution is 5.79. The van der Waals surface area contributed by atoms with Gasteiger partial charge in [-0.25, -0.2) is 9.18 Å². The lowest BCUT2D eigenvalue weighted by atomic mass is 9.98. The molecule has 2 N–H and O–H groups in total. The third-order valence-electron chi connectivity index (χ3n) is 4.80. The molecule has 0 spiro atoms. The van der Waals surface area contributed by atoms with E-state index in [9.17, 15) is 17.6 Å². The third kappa shape index (κ3) is 4.62. The van der Waals surface area contributed by atoms with Gasteiger partial charge < -0.3 is 15.3 Å². The maximum Gasteiger partial charge on any atom is 0.490 e. The van der Waals surface area contributed by atoms with E-state index in [1.54, 1.807) is 12.1 Å². The summed E-state index contributed by atoms with van der Waals surface area (Å²) in [4.78, 5) is 11.2. The third-order valence-corrected chi connectivity index (χ3v) is 4.80. The number of fused-ring (bicyclic) bond motifs is 1. The summed E-state index contributed by atoms with van der Waals surface area (Å²) in [5.74, 6) is -2.91. The smallest absolute Gasteiger partial charge is 0.475 e. The van der Waals surface area contributed by atoms with Crippen LogP contribution in [-0.2, 0) is 17.9 Å². The van der Waals surface area contributed by atoms with Crippen molar-refractivity contribution in [1.82, 2.24) is 5.32 Å². The van der Waals surface area contributed by atoms with Gasteiger partial charge in [0, 0.05) is 37.4 Å². The second kappa shape index (κ2) is 8.18. The first-order valence-corrected chi connectivity index (χ1v) is 8.93. The molecule has 8 heteroatoms. The summed E-state index contributed by atoms with van der Waals surface area (Å²) in [5.41, 5.74) is 6.12. The van der Waals surface area contributed by atoms with Gasteiger partial charge in [-0.05, 0) is 53.8 Å². The number of carboxylic acids is 1. The Balaban J connectivity index is 0.000000279. The summed E-state index contributed by atoms with van der Waals surface area (Å²) in [6, 6.07) is 11.8. The van der Waals surface area contributed by atoms with Crippen LogP contribution in [-0.4, -0.2) is 30.3 Å². The zero-order valence-electron chi connectivity index (χ0n) is 15.0. The van der Waals surface area contributed by atoms with Crippen molar-refractivity contribution in [2.75, 3.05) is 18.0 Å². The van der Waals surface area contributed by atoms with Crippen LogP contribution >= 0.6 is 0 Å². The minimum absolute atomic E-state index is 0.150. The van der Waals surface area contributed by atoms with Crippen LogP contribution in [0.3, 0.4) is 0 Å². The van der Waals surface area contributed by atoms with Crippen LogP contribution in [0.4, 0.5) is 23.2 Å². The van der Waals surface area contributed by atoms with Gasteiger partial charge in [0.1, 0.15) is 5.82 Å². The molecule has 0 saturated carbocycles. The van der Waals surface area contributed by atoms with Gasteiger partial charge >= 0.3 is 12.1 Å².